The first-order valence-electron chi connectivity index (χ1n) is 7.12. The molecular formula is C17H13NO6. The van der Waals surface area contributed by atoms with Gasteiger partial charge in [0.05, 0.1) is 5.56 Å². The minimum absolute atomic E-state index is 0.206. The van der Waals surface area contributed by atoms with Crippen molar-refractivity contribution in [3.8, 4) is 5.75 Å². The van der Waals surface area contributed by atoms with Gasteiger partial charge in [-0.1, -0.05) is 18.2 Å². The quantitative estimate of drug-likeness (QED) is 0.741. The number of carbonyl (C=O) groups excluding carboxylic acids is 2. The summed E-state index contributed by atoms with van der Waals surface area (Å²) in [4.78, 5) is 35.0. The van der Waals surface area contributed by atoms with Crippen LogP contribution in [0.3, 0.4) is 0 Å². The summed E-state index contributed by atoms with van der Waals surface area (Å²) in [5, 5.41) is 21.0. The predicted octanol–water partition coefficient (Wildman–Crippen LogP) is 1.81. The van der Waals surface area contributed by atoms with Gasteiger partial charge in [0.1, 0.15) is 11.3 Å². The molecule has 7 heteroatoms. The maximum absolute atomic E-state index is 12.3. The number of aromatic carboxylic acids is 1. The van der Waals surface area contributed by atoms with Crippen molar-refractivity contribution in [3.05, 3.63) is 59.2 Å². The molecule has 24 heavy (non-hydrogen) atoms. The normalized spacial score (nSPS) is 16.0. The van der Waals surface area contributed by atoms with Gasteiger partial charge >= 0.3 is 11.9 Å². The van der Waals surface area contributed by atoms with Crippen LogP contribution in [-0.4, -0.2) is 34.2 Å². The monoisotopic (exact) mass is 327 g/mol. The van der Waals surface area contributed by atoms with Gasteiger partial charge in [0.25, 0.3) is 5.91 Å². The number of carboxylic acids is 1. The van der Waals surface area contributed by atoms with Crippen LogP contribution in [0.2, 0.25) is 0 Å². The molecule has 3 rings (SSSR count). The number of rotatable bonds is 3. The maximum atomic E-state index is 12.3. The van der Waals surface area contributed by atoms with Crippen LogP contribution >= 0.6 is 0 Å². The summed E-state index contributed by atoms with van der Waals surface area (Å²) in [5.41, 5.74) is 1.09. The molecule has 1 aliphatic rings. The van der Waals surface area contributed by atoms with Crippen molar-refractivity contribution in [1.29, 1.82) is 0 Å². The zero-order valence-corrected chi connectivity index (χ0v) is 12.4. The lowest BCUT2D eigenvalue weighted by Gasteiger charge is -2.23. The van der Waals surface area contributed by atoms with Crippen molar-refractivity contribution >= 4 is 23.5 Å². The first kappa shape index (κ1) is 15.5. The Morgan fingerprint density at radius 2 is 1.92 bits per heavy atom. The minimum atomic E-state index is -1.27. The number of carboxylic acid groups (broad SMARTS) is 1. The third kappa shape index (κ3) is 2.91. The van der Waals surface area contributed by atoms with Crippen molar-refractivity contribution in [1.82, 2.24) is 0 Å². The topological polar surface area (TPSA) is 113 Å². The second-order valence-corrected chi connectivity index (χ2v) is 5.28. The van der Waals surface area contributed by atoms with E-state index in [9.17, 15) is 19.5 Å². The van der Waals surface area contributed by atoms with Crippen LogP contribution in [0.5, 0.6) is 5.75 Å². The fourth-order valence-corrected chi connectivity index (χ4v) is 2.49. The molecule has 0 unspecified atom stereocenters. The number of amides is 1. The molecule has 1 amide bonds. The Labute approximate surface area is 136 Å². The Hall–Kier alpha value is -3.35. The Morgan fingerprint density at radius 1 is 1.17 bits per heavy atom. The number of anilines is 1. The molecule has 2 aromatic carbocycles. The van der Waals surface area contributed by atoms with E-state index in [-0.39, 0.29) is 17.7 Å². The summed E-state index contributed by atoms with van der Waals surface area (Å²) in [7, 11) is 0. The van der Waals surface area contributed by atoms with Crippen LogP contribution in [0.25, 0.3) is 0 Å². The molecule has 0 fully saturated rings. The highest BCUT2D eigenvalue weighted by Crippen LogP contribution is 2.24. The molecule has 1 atom stereocenters. The van der Waals surface area contributed by atoms with Gasteiger partial charge in [-0.25, -0.2) is 9.59 Å². The molecule has 0 saturated carbocycles. The second-order valence-electron chi connectivity index (χ2n) is 5.28. The molecule has 0 aromatic heterocycles. The summed E-state index contributed by atoms with van der Waals surface area (Å²) >= 11 is 0. The van der Waals surface area contributed by atoms with Crippen LogP contribution in [0.1, 0.15) is 26.3 Å². The van der Waals surface area contributed by atoms with Crippen molar-refractivity contribution in [2.45, 2.75) is 12.5 Å². The number of benzene rings is 2. The number of ether oxygens (including phenoxy) is 1. The fourth-order valence-electron chi connectivity index (χ4n) is 2.49. The van der Waals surface area contributed by atoms with Gasteiger partial charge in [-0.15, -0.1) is 0 Å². The van der Waals surface area contributed by atoms with Gasteiger partial charge in [0.15, 0.2) is 6.10 Å². The van der Waals surface area contributed by atoms with Gasteiger partial charge in [0.2, 0.25) is 0 Å². The third-order valence-electron chi connectivity index (χ3n) is 3.68. The van der Waals surface area contributed by atoms with E-state index in [0.29, 0.717) is 5.56 Å². The van der Waals surface area contributed by atoms with E-state index in [1.54, 1.807) is 24.3 Å². The molecule has 7 nitrogen and oxygen atoms in total. The molecule has 1 heterocycles. The lowest BCUT2D eigenvalue weighted by Crippen LogP contribution is -2.37. The molecule has 1 aliphatic heterocycles. The Morgan fingerprint density at radius 3 is 2.62 bits per heavy atom. The van der Waals surface area contributed by atoms with E-state index in [4.69, 9.17) is 9.84 Å². The van der Waals surface area contributed by atoms with Crippen LogP contribution < -0.4 is 5.32 Å². The Kier molecular flexibility index (Phi) is 3.91. The largest absolute Gasteiger partial charge is 0.507 e. The van der Waals surface area contributed by atoms with Crippen LogP contribution in [-0.2, 0) is 16.0 Å². The Balaban J connectivity index is 1.76. The molecule has 2 aromatic rings. The van der Waals surface area contributed by atoms with E-state index in [2.05, 4.69) is 5.32 Å². The predicted molar refractivity (Wildman–Crippen MR) is 83.0 cm³/mol. The Bertz CT molecular complexity index is 845. The van der Waals surface area contributed by atoms with Gasteiger partial charge in [-0.2, -0.15) is 0 Å². The fraction of sp³-hybridized carbons (Fsp3) is 0.118. The number of hydrogen-bond acceptors (Lipinski definition) is 5. The summed E-state index contributed by atoms with van der Waals surface area (Å²) in [5.74, 6) is -2.86. The van der Waals surface area contributed by atoms with Crippen molar-refractivity contribution < 1.29 is 29.3 Å². The summed E-state index contributed by atoms with van der Waals surface area (Å²) in [6, 6.07) is 10.5. The number of fused-ring (bicyclic) bond motifs is 1. The van der Waals surface area contributed by atoms with Gasteiger partial charge in [-0.3, -0.25) is 4.79 Å². The molecular weight excluding hydrogens is 314 g/mol. The zero-order chi connectivity index (χ0) is 17.3. The molecule has 0 radical (unpaired) electrons. The number of hydrogen-bond donors (Lipinski definition) is 3. The first-order valence-corrected chi connectivity index (χ1v) is 7.12. The first-order chi connectivity index (χ1) is 11.5. The number of cyclic esters (lactones) is 1. The average Bonchev–Trinajstić information content (AvgIpc) is 2.54. The number of phenols is 1. The molecule has 0 aliphatic carbocycles. The molecule has 0 bridgehead atoms. The molecule has 0 spiro atoms. The number of nitrogens with one attached hydrogen (secondary N) is 1. The standard InChI is InChI=1S/C17H13NO6/c19-13-8-10(5-6-12(13)16(21)22)18-15(20)14-7-9-3-1-2-4-11(9)17(23)24-14/h1-6,8,14,19H,7H2,(H,18,20)(H,21,22)/t14-/m1/s1. The van der Waals surface area contributed by atoms with Gasteiger partial charge in [0, 0.05) is 18.2 Å². The molecule has 122 valence electrons. The third-order valence-corrected chi connectivity index (χ3v) is 3.68. The van der Waals surface area contributed by atoms with E-state index in [0.717, 1.165) is 11.6 Å². The SMILES string of the molecule is O=C(O)c1ccc(NC(=O)[C@H]2Cc3ccccc3C(=O)O2)cc1O. The highest BCUT2D eigenvalue weighted by molar-refractivity contribution is 6.00. The highest BCUT2D eigenvalue weighted by Gasteiger charge is 2.31. The summed E-state index contributed by atoms with van der Waals surface area (Å²) in [6.07, 6.45) is -0.749. The molecule has 0 saturated heterocycles. The second kappa shape index (κ2) is 6.04. The van der Waals surface area contributed by atoms with Crippen molar-refractivity contribution in [2.75, 3.05) is 5.32 Å². The number of esters is 1. The van der Waals surface area contributed by atoms with E-state index < -0.39 is 29.7 Å². The highest BCUT2D eigenvalue weighted by atomic mass is 16.5. The lowest BCUT2D eigenvalue weighted by molar-refractivity contribution is -0.125. The lowest BCUT2D eigenvalue weighted by atomic mass is 9.98. The summed E-state index contributed by atoms with van der Waals surface area (Å²) in [6.45, 7) is 0. The van der Waals surface area contributed by atoms with E-state index in [1.807, 2.05) is 0 Å². The van der Waals surface area contributed by atoms with Crippen molar-refractivity contribution in [2.24, 2.45) is 0 Å². The zero-order valence-electron chi connectivity index (χ0n) is 12.4. The van der Waals surface area contributed by atoms with Gasteiger partial charge < -0.3 is 20.3 Å². The number of carbonyl (C=O) groups is 3. The van der Waals surface area contributed by atoms with Gasteiger partial charge in [-0.05, 0) is 23.8 Å². The van der Waals surface area contributed by atoms with Crippen LogP contribution in [0.15, 0.2) is 42.5 Å². The number of aromatic hydroxyl groups is 1. The van der Waals surface area contributed by atoms with Crippen LogP contribution in [0, 0.1) is 0 Å². The van der Waals surface area contributed by atoms with E-state index in [1.165, 1.54) is 12.1 Å². The van der Waals surface area contributed by atoms with E-state index >= 15 is 0 Å². The summed E-state index contributed by atoms with van der Waals surface area (Å²) < 4.78 is 5.13. The smallest absolute Gasteiger partial charge is 0.339 e. The maximum Gasteiger partial charge on any atom is 0.339 e. The average molecular weight is 327 g/mol. The van der Waals surface area contributed by atoms with Crippen molar-refractivity contribution in [3.63, 3.8) is 0 Å². The van der Waals surface area contributed by atoms with Crippen LogP contribution in [0.4, 0.5) is 5.69 Å². The molecule has 3 N–H and O–H groups in total. The minimum Gasteiger partial charge on any atom is -0.507 e.